The number of hydrogen-bond donors (Lipinski definition) is 0. The molecule has 0 saturated heterocycles. The molecule has 0 saturated carbocycles. The van der Waals surface area contributed by atoms with E-state index in [9.17, 15) is 13.0 Å². The number of allylic oxidation sites excluding steroid dienone is 1. The fourth-order valence-corrected chi connectivity index (χ4v) is 1.31. The van der Waals surface area contributed by atoms with Crippen LogP contribution in [0.25, 0.3) is 0 Å². The normalized spacial score (nSPS) is 12.4. The maximum atomic E-state index is 9.78. The van der Waals surface area contributed by atoms with Crippen molar-refractivity contribution in [1.29, 1.82) is 0 Å². The second-order valence-corrected chi connectivity index (χ2v) is 5.31. The third-order valence-corrected chi connectivity index (χ3v) is 3.43. The van der Waals surface area contributed by atoms with Crippen molar-refractivity contribution in [1.82, 2.24) is 0 Å². The van der Waals surface area contributed by atoms with E-state index in [1.807, 2.05) is 0 Å². The monoisotopic (exact) mass is 251 g/mol. The lowest BCUT2D eigenvalue weighted by atomic mass is 10.4. The van der Waals surface area contributed by atoms with Gasteiger partial charge >= 0.3 is 0 Å². The predicted octanol–water partition coefficient (Wildman–Crippen LogP) is 1.60. The smallest absolute Gasteiger partial charge is 0.0982 e. The number of hydrogen-bond acceptors (Lipinski definition) is 3. The first-order chi connectivity index (χ1) is 7.24. The summed E-state index contributed by atoms with van der Waals surface area (Å²) in [4.78, 5) is 0. The molecular weight excluding hydrogens is 226 g/mol. The van der Waals surface area contributed by atoms with Crippen LogP contribution in [-0.4, -0.2) is 49.9 Å². The Morgan fingerprint density at radius 1 is 1.12 bits per heavy atom. The van der Waals surface area contributed by atoms with Gasteiger partial charge in [0.25, 0.3) is 0 Å². The van der Waals surface area contributed by atoms with Crippen LogP contribution in [-0.2, 0) is 10.1 Å². The van der Waals surface area contributed by atoms with Crippen molar-refractivity contribution in [2.24, 2.45) is 0 Å². The molecule has 0 unspecified atom stereocenters. The van der Waals surface area contributed by atoms with Gasteiger partial charge in [0.05, 0.1) is 42.6 Å². The van der Waals surface area contributed by atoms with Gasteiger partial charge in [-0.2, -0.15) is 0 Å². The van der Waals surface area contributed by atoms with Gasteiger partial charge in [-0.15, -0.1) is 0 Å². The molecule has 0 radical (unpaired) electrons. The van der Waals surface area contributed by atoms with Gasteiger partial charge in [-0.25, -0.2) is 8.42 Å². The molecule has 4 nitrogen and oxygen atoms in total. The van der Waals surface area contributed by atoms with Gasteiger partial charge in [0.2, 0.25) is 0 Å². The average molecular weight is 251 g/mol. The molecule has 5 heteroatoms. The Bertz CT molecular complexity index is 271. The SMILES string of the molecule is CC=CCS(=O)(=O)[O-].CC[N+](C)(CC)CC. The summed E-state index contributed by atoms with van der Waals surface area (Å²) in [6.45, 7) is 12.2. The van der Waals surface area contributed by atoms with E-state index in [-0.39, 0.29) is 0 Å². The molecular formula is C11H25NO3S. The van der Waals surface area contributed by atoms with E-state index < -0.39 is 15.9 Å². The van der Waals surface area contributed by atoms with Gasteiger partial charge < -0.3 is 9.04 Å². The minimum Gasteiger partial charge on any atom is -0.748 e. The van der Waals surface area contributed by atoms with Crippen LogP contribution in [0.3, 0.4) is 0 Å². The van der Waals surface area contributed by atoms with Crippen molar-refractivity contribution in [3.05, 3.63) is 12.2 Å². The Kier molecular flexibility index (Phi) is 9.81. The summed E-state index contributed by atoms with van der Waals surface area (Å²) in [5.41, 5.74) is 0. The number of nitrogens with zero attached hydrogens (tertiary/aromatic N) is 1. The van der Waals surface area contributed by atoms with Crippen LogP contribution in [0.5, 0.6) is 0 Å². The van der Waals surface area contributed by atoms with E-state index in [0.717, 1.165) is 0 Å². The highest BCUT2D eigenvalue weighted by Crippen LogP contribution is 1.97. The molecule has 16 heavy (non-hydrogen) atoms. The summed E-state index contributed by atoms with van der Waals surface area (Å²) in [5, 5.41) is 0. The van der Waals surface area contributed by atoms with Crippen LogP contribution in [0.2, 0.25) is 0 Å². The molecule has 0 fully saturated rings. The van der Waals surface area contributed by atoms with Crippen LogP contribution < -0.4 is 0 Å². The summed E-state index contributed by atoms with van der Waals surface area (Å²) in [6.07, 6.45) is 2.83. The van der Waals surface area contributed by atoms with Crippen LogP contribution in [0.15, 0.2) is 12.2 Å². The van der Waals surface area contributed by atoms with Gasteiger partial charge in [0.1, 0.15) is 0 Å². The van der Waals surface area contributed by atoms with Crippen molar-refractivity contribution >= 4 is 10.1 Å². The highest BCUT2D eigenvalue weighted by atomic mass is 32.2. The molecule has 0 aromatic heterocycles. The Balaban J connectivity index is 0. The first-order valence-electron chi connectivity index (χ1n) is 5.62. The zero-order valence-electron chi connectivity index (χ0n) is 11.1. The summed E-state index contributed by atoms with van der Waals surface area (Å²) in [7, 11) is -1.73. The molecule has 0 spiro atoms. The van der Waals surface area contributed by atoms with Crippen molar-refractivity contribution < 1.29 is 17.5 Å². The topological polar surface area (TPSA) is 57.2 Å². The third-order valence-electron chi connectivity index (χ3n) is 2.83. The fourth-order valence-electron chi connectivity index (χ4n) is 0.885. The van der Waals surface area contributed by atoms with Crippen molar-refractivity contribution in [2.75, 3.05) is 32.4 Å². The Morgan fingerprint density at radius 2 is 1.50 bits per heavy atom. The number of rotatable bonds is 5. The zero-order chi connectivity index (χ0) is 13.2. The Hall–Kier alpha value is -0.390. The highest BCUT2D eigenvalue weighted by Gasteiger charge is 2.10. The first-order valence-corrected chi connectivity index (χ1v) is 7.20. The summed E-state index contributed by atoms with van der Waals surface area (Å²) in [6, 6.07) is 0. The average Bonchev–Trinajstić information content (AvgIpc) is 2.25. The van der Waals surface area contributed by atoms with Gasteiger partial charge in [-0.1, -0.05) is 12.2 Å². The standard InChI is InChI=1S/C7H18N.C4H8O3S/c1-5-8(4,6-2)7-3;1-2-3-4-8(5,6)7/h5-7H2,1-4H3;2-3H,4H2,1H3,(H,5,6,7)/q+1;/p-1. The molecule has 0 bridgehead atoms. The van der Waals surface area contributed by atoms with Gasteiger partial charge in [-0.3, -0.25) is 0 Å². The van der Waals surface area contributed by atoms with E-state index in [1.54, 1.807) is 6.92 Å². The van der Waals surface area contributed by atoms with Crippen LogP contribution in [0, 0.1) is 0 Å². The maximum Gasteiger partial charge on any atom is 0.0982 e. The highest BCUT2D eigenvalue weighted by molar-refractivity contribution is 7.85. The van der Waals surface area contributed by atoms with E-state index in [2.05, 4.69) is 27.8 Å². The molecule has 0 heterocycles. The number of quaternary nitrogens is 1. The molecule has 0 rings (SSSR count). The summed E-state index contributed by atoms with van der Waals surface area (Å²) >= 11 is 0. The van der Waals surface area contributed by atoms with E-state index in [4.69, 9.17) is 0 Å². The van der Waals surface area contributed by atoms with Crippen LogP contribution >= 0.6 is 0 Å². The molecule has 0 aromatic carbocycles. The van der Waals surface area contributed by atoms with Crippen molar-refractivity contribution in [3.8, 4) is 0 Å². The minimum atomic E-state index is -4.02. The molecule has 0 N–H and O–H groups in total. The summed E-state index contributed by atoms with van der Waals surface area (Å²) in [5.74, 6) is -0.399. The second kappa shape index (κ2) is 8.73. The van der Waals surface area contributed by atoms with Gasteiger partial charge in [0, 0.05) is 0 Å². The fraction of sp³-hybridized carbons (Fsp3) is 0.818. The third kappa shape index (κ3) is 11.7. The Labute approximate surface area is 100 Å². The zero-order valence-corrected chi connectivity index (χ0v) is 11.9. The predicted molar refractivity (Wildman–Crippen MR) is 67.2 cm³/mol. The molecule has 0 aliphatic heterocycles. The van der Waals surface area contributed by atoms with Crippen LogP contribution in [0.1, 0.15) is 27.7 Å². The molecule has 0 aliphatic carbocycles. The molecule has 98 valence electrons. The van der Waals surface area contributed by atoms with Gasteiger partial charge in [-0.05, 0) is 27.7 Å². The second-order valence-electron chi connectivity index (χ2n) is 3.86. The summed E-state index contributed by atoms with van der Waals surface area (Å²) < 4.78 is 30.6. The molecule has 0 aromatic rings. The van der Waals surface area contributed by atoms with Gasteiger partial charge in [0.15, 0.2) is 0 Å². The van der Waals surface area contributed by atoms with Crippen molar-refractivity contribution in [3.63, 3.8) is 0 Å². The molecule has 0 amide bonds. The lowest BCUT2D eigenvalue weighted by Gasteiger charge is -2.30. The van der Waals surface area contributed by atoms with Crippen molar-refractivity contribution in [2.45, 2.75) is 27.7 Å². The van der Waals surface area contributed by atoms with E-state index in [1.165, 1.54) is 36.3 Å². The van der Waals surface area contributed by atoms with E-state index in [0.29, 0.717) is 0 Å². The van der Waals surface area contributed by atoms with E-state index >= 15 is 0 Å². The maximum absolute atomic E-state index is 9.78. The first kappa shape index (κ1) is 18.0. The quantitative estimate of drug-likeness (QED) is 0.424. The largest absolute Gasteiger partial charge is 0.748 e. The lowest BCUT2D eigenvalue weighted by Crippen LogP contribution is -2.42. The van der Waals surface area contributed by atoms with Crippen LogP contribution in [0.4, 0.5) is 0 Å². The minimum absolute atomic E-state index is 0.399. The molecule has 0 atom stereocenters. The Morgan fingerprint density at radius 3 is 1.56 bits per heavy atom. The molecule has 0 aliphatic rings. The lowest BCUT2D eigenvalue weighted by molar-refractivity contribution is -0.904.